The molecule has 5 heteroatoms. The molecule has 0 saturated heterocycles. The molecule has 0 atom stereocenters. The minimum absolute atomic E-state index is 0.139. The lowest BCUT2D eigenvalue weighted by atomic mass is 10.1. The average Bonchev–Trinajstić information content (AvgIpc) is 2.54. The molecule has 3 aromatic rings. The first kappa shape index (κ1) is 15.1. The number of aryl methyl sites for hydroxylation is 1. The highest BCUT2D eigenvalue weighted by molar-refractivity contribution is 6.31. The van der Waals surface area contributed by atoms with Gasteiger partial charge in [0.05, 0.1) is 11.6 Å². The van der Waals surface area contributed by atoms with E-state index in [-0.39, 0.29) is 5.56 Å². The second-order valence-electron chi connectivity index (χ2n) is 5.35. The summed E-state index contributed by atoms with van der Waals surface area (Å²) >= 11 is 5.99. The van der Waals surface area contributed by atoms with Gasteiger partial charge in [-0.05, 0) is 48.9 Å². The van der Waals surface area contributed by atoms with Gasteiger partial charge in [-0.2, -0.15) is 5.26 Å². The molecule has 0 amide bonds. The Bertz CT molecular complexity index is 986. The summed E-state index contributed by atoms with van der Waals surface area (Å²) in [7, 11) is 0. The van der Waals surface area contributed by atoms with Gasteiger partial charge in [-0.25, -0.2) is 0 Å². The molecule has 0 aliphatic heterocycles. The van der Waals surface area contributed by atoms with E-state index < -0.39 is 0 Å². The number of aromatic amines is 1. The van der Waals surface area contributed by atoms with Gasteiger partial charge < -0.3 is 10.3 Å². The molecule has 0 bridgehead atoms. The van der Waals surface area contributed by atoms with Crippen LogP contribution in [0.25, 0.3) is 10.9 Å². The van der Waals surface area contributed by atoms with Crippen molar-refractivity contribution in [3.8, 4) is 6.07 Å². The van der Waals surface area contributed by atoms with Crippen LogP contribution in [0.4, 0.5) is 5.69 Å². The maximum Gasteiger partial charge on any atom is 0.253 e. The number of hydrogen-bond donors (Lipinski definition) is 2. The number of aromatic nitrogens is 1. The Morgan fingerprint density at radius 3 is 2.83 bits per heavy atom. The quantitative estimate of drug-likeness (QED) is 0.766. The highest BCUT2D eigenvalue weighted by atomic mass is 35.5. The van der Waals surface area contributed by atoms with Crippen molar-refractivity contribution in [2.45, 2.75) is 13.5 Å². The normalized spacial score (nSPS) is 10.5. The van der Waals surface area contributed by atoms with Crippen LogP contribution in [-0.2, 0) is 6.54 Å². The van der Waals surface area contributed by atoms with Crippen molar-refractivity contribution in [1.29, 1.82) is 5.26 Å². The Labute approximate surface area is 138 Å². The third kappa shape index (κ3) is 3.20. The predicted octanol–water partition coefficient (Wildman–Crippen LogP) is 3.97. The summed E-state index contributed by atoms with van der Waals surface area (Å²) in [6.45, 7) is 2.26. The van der Waals surface area contributed by atoms with Gasteiger partial charge in [-0.15, -0.1) is 0 Å². The number of nitriles is 1. The van der Waals surface area contributed by atoms with Crippen molar-refractivity contribution in [2.24, 2.45) is 0 Å². The van der Waals surface area contributed by atoms with Crippen LogP contribution in [0.2, 0.25) is 5.02 Å². The molecule has 23 heavy (non-hydrogen) atoms. The molecule has 3 rings (SSSR count). The van der Waals surface area contributed by atoms with Crippen LogP contribution in [-0.4, -0.2) is 4.98 Å². The van der Waals surface area contributed by atoms with Gasteiger partial charge >= 0.3 is 0 Å². The Morgan fingerprint density at radius 1 is 1.22 bits per heavy atom. The molecule has 4 nitrogen and oxygen atoms in total. The predicted molar refractivity (Wildman–Crippen MR) is 92.8 cm³/mol. The second-order valence-corrected chi connectivity index (χ2v) is 5.79. The Morgan fingerprint density at radius 2 is 2.04 bits per heavy atom. The summed E-state index contributed by atoms with van der Waals surface area (Å²) < 4.78 is 0. The molecular weight excluding hydrogens is 310 g/mol. The Hall–Kier alpha value is -2.77. The first-order valence-corrected chi connectivity index (χ1v) is 7.51. The maximum atomic E-state index is 12.1. The van der Waals surface area contributed by atoms with Crippen LogP contribution < -0.4 is 10.9 Å². The monoisotopic (exact) mass is 323 g/mol. The van der Waals surface area contributed by atoms with Crippen LogP contribution in [0, 0.1) is 18.3 Å². The van der Waals surface area contributed by atoms with E-state index in [9.17, 15) is 4.79 Å². The molecule has 0 saturated carbocycles. The third-order valence-electron chi connectivity index (χ3n) is 3.72. The zero-order valence-corrected chi connectivity index (χ0v) is 13.2. The highest BCUT2D eigenvalue weighted by Crippen LogP contribution is 2.18. The number of halogens is 1. The lowest BCUT2D eigenvalue weighted by Gasteiger charge is -2.08. The van der Waals surface area contributed by atoms with Crippen molar-refractivity contribution >= 4 is 28.2 Å². The summed E-state index contributed by atoms with van der Waals surface area (Å²) in [5.41, 5.74) is 3.58. The van der Waals surface area contributed by atoms with E-state index in [0.717, 1.165) is 22.2 Å². The summed E-state index contributed by atoms with van der Waals surface area (Å²) in [5, 5.41) is 13.8. The number of fused-ring (bicyclic) bond motifs is 1. The topological polar surface area (TPSA) is 68.7 Å². The molecule has 0 aliphatic rings. The Balaban J connectivity index is 1.88. The third-order valence-corrected chi connectivity index (χ3v) is 3.96. The molecule has 2 N–H and O–H groups in total. The van der Waals surface area contributed by atoms with Crippen molar-refractivity contribution in [3.05, 3.63) is 74.5 Å². The van der Waals surface area contributed by atoms with Gasteiger partial charge in [0, 0.05) is 33.7 Å². The molecule has 0 radical (unpaired) electrons. The number of benzene rings is 2. The van der Waals surface area contributed by atoms with Crippen LogP contribution in [0.5, 0.6) is 0 Å². The fraction of sp³-hybridized carbons (Fsp3) is 0.111. The molecule has 0 spiro atoms. The van der Waals surface area contributed by atoms with Crippen molar-refractivity contribution in [3.63, 3.8) is 0 Å². The number of hydrogen-bond acceptors (Lipinski definition) is 3. The first-order valence-electron chi connectivity index (χ1n) is 7.13. The van der Waals surface area contributed by atoms with Gasteiger partial charge in [0.1, 0.15) is 0 Å². The van der Waals surface area contributed by atoms with E-state index in [1.807, 2.05) is 31.2 Å². The minimum atomic E-state index is -0.139. The second kappa shape index (κ2) is 6.15. The molecule has 0 fully saturated rings. The number of rotatable bonds is 3. The van der Waals surface area contributed by atoms with E-state index in [1.165, 1.54) is 0 Å². The molecule has 1 heterocycles. The van der Waals surface area contributed by atoms with Gasteiger partial charge in [0.25, 0.3) is 5.56 Å². The van der Waals surface area contributed by atoms with Gasteiger partial charge in [-0.3, -0.25) is 4.79 Å². The Kier molecular flexibility index (Phi) is 4.05. The first-order chi connectivity index (χ1) is 11.1. The van der Waals surface area contributed by atoms with E-state index >= 15 is 0 Å². The van der Waals surface area contributed by atoms with E-state index in [1.54, 1.807) is 18.2 Å². The standard InChI is InChI=1S/C18H14ClN3O/c1-11-2-4-16(8-13(11)9-20)21-10-14-6-12-7-15(19)3-5-17(12)22-18(14)23/h2-8,21H,10H2,1H3,(H,22,23). The molecule has 2 aromatic carbocycles. The van der Waals surface area contributed by atoms with Crippen LogP contribution in [0.1, 0.15) is 16.7 Å². The largest absolute Gasteiger partial charge is 0.381 e. The van der Waals surface area contributed by atoms with Crippen LogP contribution in [0.3, 0.4) is 0 Å². The number of pyridine rings is 1. The van der Waals surface area contributed by atoms with Gasteiger partial charge in [-0.1, -0.05) is 17.7 Å². The smallest absolute Gasteiger partial charge is 0.253 e. The summed E-state index contributed by atoms with van der Waals surface area (Å²) in [5.74, 6) is 0. The fourth-order valence-corrected chi connectivity index (χ4v) is 2.58. The minimum Gasteiger partial charge on any atom is -0.381 e. The molecular formula is C18H14ClN3O. The molecule has 0 aliphatic carbocycles. The molecule has 1 aromatic heterocycles. The molecule has 0 unspecified atom stereocenters. The van der Waals surface area contributed by atoms with Crippen molar-refractivity contribution in [1.82, 2.24) is 4.98 Å². The van der Waals surface area contributed by atoms with Gasteiger partial charge in [0.15, 0.2) is 0 Å². The zero-order chi connectivity index (χ0) is 16.4. The van der Waals surface area contributed by atoms with Crippen molar-refractivity contribution < 1.29 is 0 Å². The lowest BCUT2D eigenvalue weighted by molar-refractivity contribution is 1.09. The van der Waals surface area contributed by atoms with E-state index in [2.05, 4.69) is 16.4 Å². The number of nitrogens with zero attached hydrogens (tertiary/aromatic N) is 1. The maximum absolute atomic E-state index is 12.1. The average molecular weight is 324 g/mol. The van der Waals surface area contributed by atoms with E-state index in [0.29, 0.717) is 22.7 Å². The van der Waals surface area contributed by atoms with Crippen LogP contribution in [0.15, 0.2) is 47.3 Å². The highest BCUT2D eigenvalue weighted by Gasteiger charge is 2.05. The number of anilines is 1. The van der Waals surface area contributed by atoms with E-state index in [4.69, 9.17) is 16.9 Å². The van der Waals surface area contributed by atoms with Crippen molar-refractivity contribution in [2.75, 3.05) is 5.32 Å². The zero-order valence-electron chi connectivity index (χ0n) is 12.5. The fourth-order valence-electron chi connectivity index (χ4n) is 2.40. The number of H-pyrrole nitrogens is 1. The lowest BCUT2D eigenvalue weighted by Crippen LogP contribution is -2.15. The summed E-state index contributed by atoms with van der Waals surface area (Å²) in [4.78, 5) is 15.0. The summed E-state index contributed by atoms with van der Waals surface area (Å²) in [6, 6.07) is 14.9. The summed E-state index contributed by atoms with van der Waals surface area (Å²) in [6.07, 6.45) is 0. The molecule has 114 valence electrons. The van der Waals surface area contributed by atoms with Crippen LogP contribution >= 0.6 is 11.6 Å². The SMILES string of the molecule is Cc1ccc(NCc2cc3cc(Cl)ccc3[nH]c2=O)cc1C#N. The van der Waals surface area contributed by atoms with Gasteiger partial charge in [0.2, 0.25) is 0 Å². The number of nitrogens with one attached hydrogen (secondary N) is 2.